The van der Waals surface area contributed by atoms with Gasteiger partial charge in [-0.2, -0.15) is 0 Å². The molecule has 0 saturated carbocycles. The number of anilines is 1. The monoisotopic (exact) mass is 347 g/mol. The van der Waals surface area contributed by atoms with E-state index in [9.17, 15) is 4.79 Å². The van der Waals surface area contributed by atoms with Gasteiger partial charge < -0.3 is 9.88 Å². The van der Waals surface area contributed by atoms with Gasteiger partial charge in [-0.05, 0) is 18.6 Å². The number of nitrogens with zero attached hydrogens (tertiary/aromatic N) is 4. The molecule has 0 unspecified atom stereocenters. The van der Waals surface area contributed by atoms with Crippen molar-refractivity contribution in [2.24, 2.45) is 5.92 Å². The molecule has 0 bridgehead atoms. The molecule has 0 aromatic carbocycles. The summed E-state index contributed by atoms with van der Waals surface area (Å²) in [6.07, 6.45) is 10.2. The SMILES string of the molecule is C=CC(=O)CC1CN(c2cnc3[nH]cc(-c4cncc(CC)n4)c3c2)C1. The first kappa shape index (κ1) is 16.4. The van der Waals surface area contributed by atoms with Gasteiger partial charge in [0.15, 0.2) is 5.78 Å². The van der Waals surface area contributed by atoms with E-state index in [1.165, 1.54) is 6.08 Å². The van der Waals surface area contributed by atoms with Gasteiger partial charge in [-0.15, -0.1) is 0 Å². The molecule has 0 aliphatic carbocycles. The van der Waals surface area contributed by atoms with Crippen LogP contribution in [0.2, 0.25) is 0 Å². The molecule has 1 fully saturated rings. The van der Waals surface area contributed by atoms with Crippen molar-refractivity contribution in [2.45, 2.75) is 19.8 Å². The zero-order valence-electron chi connectivity index (χ0n) is 14.8. The second-order valence-corrected chi connectivity index (χ2v) is 6.69. The normalized spacial score (nSPS) is 14.4. The molecule has 0 atom stereocenters. The number of H-pyrrole nitrogens is 1. The molecule has 6 nitrogen and oxygen atoms in total. The van der Waals surface area contributed by atoms with E-state index in [2.05, 4.69) is 44.4 Å². The van der Waals surface area contributed by atoms with Crippen molar-refractivity contribution in [3.8, 4) is 11.3 Å². The third kappa shape index (κ3) is 2.98. The lowest BCUT2D eigenvalue weighted by Gasteiger charge is -2.40. The lowest BCUT2D eigenvalue weighted by molar-refractivity contribution is -0.115. The largest absolute Gasteiger partial charge is 0.370 e. The summed E-state index contributed by atoms with van der Waals surface area (Å²) >= 11 is 0. The third-order valence-electron chi connectivity index (χ3n) is 4.88. The summed E-state index contributed by atoms with van der Waals surface area (Å²) in [4.78, 5) is 30.5. The Morgan fingerprint density at radius 3 is 3.00 bits per heavy atom. The first-order valence-electron chi connectivity index (χ1n) is 8.86. The molecule has 6 heteroatoms. The van der Waals surface area contributed by atoms with Gasteiger partial charge in [0.25, 0.3) is 0 Å². The molecule has 26 heavy (non-hydrogen) atoms. The number of carbonyl (C=O) groups is 1. The summed E-state index contributed by atoms with van der Waals surface area (Å²) in [6.45, 7) is 7.36. The molecule has 1 N–H and O–H groups in total. The van der Waals surface area contributed by atoms with Gasteiger partial charge in [-0.1, -0.05) is 13.5 Å². The molecule has 3 aromatic rings. The average molecular weight is 347 g/mol. The Morgan fingerprint density at radius 2 is 2.23 bits per heavy atom. The van der Waals surface area contributed by atoms with Crippen LogP contribution in [0, 0.1) is 5.92 Å². The standard InChI is InChI=1S/C20H21N5O/c1-3-14-7-21-10-19(24-14)18-9-23-20-17(18)6-15(8-22-20)25-11-13(12-25)5-16(26)4-2/h4,6-10,13H,2-3,5,11-12H2,1H3,(H,22,23). The maximum absolute atomic E-state index is 11.5. The molecule has 1 aliphatic rings. The molecule has 1 saturated heterocycles. The minimum Gasteiger partial charge on any atom is -0.370 e. The van der Waals surface area contributed by atoms with E-state index in [1.54, 1.807) is 12.4 Å². The topological polar surface area (TPSA) is 74.8 Å². The summed E-state index contributed by atoms with van der Waals surface area (Å²) in [5.41, 5.74) is 4.74. The lowest BCUT2D eigenvalue weighted by atomic mass is 9.93. The summed E-state index contributed by atoms with van der Waals surface area (Å²) in [5.74, 6) is 0.513. The fourth-order valence-electron chi connectivity index (χ4n) is 3.36. The van der Waals surface area contributed by atoms with E-state index in [-0.39, 0.29) is 5.78 Å². The average Bonchev–Trinajstić information content (AvgIpc) is 3.07. The highest BCUT2D eigenvalue weighted by molar-refractivity contribution is 5.94. The number of pyridine rings is 1. The Balaban J connectivity index is 1.59. The number of hydrogen-bond acceptors (Lipinski definition) is 5. The molecule has 4 rings (SSSR count). The van der Waals surface area contributed by atoms with Gasteiger partial charge in [0, 0.05) is 48.8 Å². The number of aromatic nitrogens is 4. The maximum Gasteiger partial charge on any atom is 0.155 e. The van der Waals surface area contributed by atoms with Gasteiger partial charge in [-0.25, -0.2) is 9.97 Å². The van der Waals surface area contributed by atoms with E-state index < -0.39 is 0 Å². The van der Waals surface area contributed by atoms with E-state index in [0.717, 1.165) is 53.2 Å². The molecule has 4 heterocycles. The fourth-order valence-corrected chi connectivity index (χ4v) is 3.36. The smallest absolute Gasteiger partial charge is 0.155 e. The van der Waals surface area contributed by atoms with Crippen LogP contribution in [0.25, 0.3) is 22.3 Å². The van der Waals surface area contributed by atoms with Gasteiger partial charge in [0.05, 0.1) is 29.5 Å². The van der Waals surface area contributed by atoms with Crippen molar-refractivity contribution in [3.05, 3.63) is 49.2 Å². The second-order valence-electron chi connectivity index (χ2n) is 6.69. The third-order valence-corrected chi connectivity index (χ3v) is 4.88. The number of hydrogen-bond donors (Lipinski definition) is 1. The van der Waals surface area contributed by atoms with Crippen LogP contribution < -0.4 is 4.90 Å². The number of ketones is 1. The molecular weight excluding hydrogens is 326 g/mol. The van der Waals surface area contributed by atoms with Crippen molar-refractivity contribution in [2.75, 3.05) is 18.0 Å². The quantitative estimate of drug-likeness (QED) is 0.693. The Bertz CT molecular complexity index is 971. The molecule has 0 amide bonds. The number of aromatic amines is 1. The Morgan fingerprint density at radius 1 is 1.38 bits per heavy atom. The second kappa shape index (κ2) is 6.71. The lowest BCUT2D eigenvalue weighted by Crippen LogP contribution is -2.47. The van der Waals surface area contributed by atoms with Crippen LogP contribution in [-0.4, -0.2) is 38.8 Å². The molecular formula is C20H21N5O. The highest BCUT2D eigenvalue weighted by atomic mass is 16.1. The van der Waals surface area contributed by atoms with Gasteiger partial charge in [0.1, 0.15) is 5.65 Å². The first-order chi connectivity index (χ1) is 12.7. The summed E-state index contributed by atoms with van der Waals surface area (Å²) in [6, 6.07) is 2.14. The van der Waals surface area contributed by atoms with E-state index in [1.807, 2.05) is 12.4 Å². The van der Waals surface area contributed by atoms with Crippen LogP contribution >= 0.6 is 0 Å². The molecule has 1 aliphatic heterocycles. The molecule has 0 radical (unpaired) electrons. The van der Waals surface area contributed by atoms with Gasteiger partial charge in [-0.3, -0.25) is 9.78 Å². The summed E-state index contributed by atoms with van der Waals surface area (Å²) in [7, 11) is 0. The van der Waals surface area contributed by atoms with Gasteiger partial charge in [0.2, 0.25) is 0 Å². The Hall–Kier alpha value is -3.02. The van der Waals surface area contributed by atoms with Crippen molar-refractivity contribution < 1.29 is 4.79 Å². The zero-order chi connectivity index (χ0) is 18.1. The number of aryl methyl sites for hydroxylation is 1. The highest BCUT2D eigenvalue weighted by Crippen LogP contribution is 2.32. The predicted octanol–water partition coefficient (Wildman–Crippen LogP) is 3.16. The van der Waals surface area contributed by atoms with Crippen LogP contribution in [0.5, 0.6) is 0 Å². The van der Waals surface area contributed by atoms with Crippen LogP contribution in [0.4, 0.5) is 5.69 Å². The van der Waals surface area contributed by atoms with Gasteiger partial charge >= 0.3 is 0 Å². The maximum atomic E-state index is 11.5. The number of nitrogens with one attached hydrogen (secondary N) is 1. The number of fused-ring (bicyclic) bond motifs is 1. The van der Waals surface area contributed by atoms with E-state index >= 15 is 0 Å². The van der Waals surface area contributed by atoms with Crippen LogP contribution in [0.1, 0.15) is 19.0 Å². The van der Waals surface area contributed by atoms with Crippen LogP contribution in [0.15, 0.2) is 43.5 Å². The van der Waals surface area contributed by atoms with Crippen molar-refractivity contribution in [1.82, 2.24) is 19.9 Å². The number of rotatable bonds is 6. The minimum atomic E-state index is 0.116. The van der Waals surface area contributed by atoms with E-state index in [4.69, 9.17) is 0 Å². The predicted molar refractivity (Wildman–Crippen MR) is 102 cm³/mol. The first-order valence-corrected chi connectivity index (χ1v) is 8.86. The Kier molecular flexibility index (Phi) is 4.24. The molecule has 132 valence electrons. The summed E-state index contributed by atoms with van der Waals surface area (Å²) < 4.78 is 0. The van der Waals surface area contributed by atoms with Crippen LogP contribution in [0.3, 0.4) is 0 Å². The molecule has 0 spiro atoms. The van der Waals surface area contributed by atoms with Crippen molar-refractivity contribution in [1.29, 1.82) is 0 Å². The summed E-state index contributed by atoms with van der Waals surface area (Å²) in [5, 5.41) is 1.04. The fraction of sp³-hybridized carbons (Fsp3) is 0.300. The number of allylic oxidation sites excluding steroid dienone is 1. The highest BCUT2D eigenvalue weighted by Gasteiger charge is 2.28. The Labute approximate surface area is 152 Å². The van der Waals surface area contributed by atoms with Crippen molar-refractivity contribution >= 4 is 22.5 Å². The van der Waals surface area contributed by atoms with E-state index in [0.29, 0.717) is 12.3 Å². The van der Waals surface area contributed by atoms with Crippen LogP contribution in [-0.2, 0) is 11.2 Å². The minimum absolute atomic E-state index is 0.116. The van der Waals surface area contributed by atoms with Crippen molar-refractivity contribution in [3.63, 3.8) is 0 Å². The zero-order valence-corrected chi connectivity index (χ0v) is 14.8. The number of carbonyl (C=O) groups excluding carboxylic acids is 1. The molecule has 3 aromatic heterocycles.